The van der Waals surface area contributed by atoms with Gasteiger partial charge < -0.3 is 0 Å². The Morgan fingerprint density at radius 1 is 0.905 bits per heavy atom. The van der Waals surface area contributed by atoms with E-state index in [2.05, 4.69) is 19.9 Å². The minimum absolute atomic E-state index is 0.0749. The molecule has 0 unspecified atom stereocenters. The van der Waals surface area contributed by atoms with Crippen LogP contribution in [0, 0.1) is 12.7 Å². The van der Waals surface area contributed by atoms with Crippen molar-refractivity contribution in [3.63, 3.8) is 0 Å². The molecule has 5 aromatic rings. The highest BCUT2D eigenvalue weighted by molar-refractivity contribution is 7.90. The number of hydrogen-bond acceptors (Lipinski definition) is 7. The molecule has 2 bridgehead atoms. The molecule has 2 aromatic carbocycles. The Morgan fingerprint density at radius 3 is 2.24 bits per heavy atom. The van der Waals surface area contributed by atoms with E-state index in [9.17, 15) is 21.2 Å². The van der Waals surface area contributed by atoms with Crippen LogP contribution in [-0.2, 0) is 25.5 Å². The number of fused-ring (bicyclic) bond motifs is 6. The lowest BCUT2D eigenvalue weighted by Gasteiger charge is -2.52. The number of nitrogens with zero attached hydrogens (tertiary/aromatic N) is 5. The number of benzene rings is 2. The standard InChI is InChI=1S/C28H26ClFN6O4S2/c1-18-2-4-19(5-3-18)42(39,40)35-15-8-23-25(35)31-17-24-32-33-26(36(23)24)27-9-12-28(13-10-27,14-11-27)34-41(37,38)20-6-7-22(30)21(29)16-20/h2-8,15-17,34H,9-14H2,1H3. The van der Waals surface area contributed by atoms with Crippen LogP contribution in [0.3, 0.4) is 0 Å². The normalized spacial score (nSPS) is 22.7. The van der Waals surface area contributed by atoms with Crippen LogP contribution < -0.4 is 4.72 Å². The fourth-order valence-corrected chi connectivity index (χ4v) is 9.51. The summed E-state index contributed by atoms with van der Waals surface area (Å²) in [6.45, 7) is 1.89. The average molecular weight is 629 g/mol. The van der Waals surface area contributed by atoms with Gasteiger partial charge in [-0.3, -0.25) is 4.40 Å². The van der Waals surface area contributed by atoms with E-state index in [1.807, 2.05) is 11.3 Å². The lowest BCUT2D eigenvalue weighted by molar-refractivity contribution is 0.0882. The number of rotatable bonds is 6. The van der Waals surface area contributed by atoms with Crippen LogP contribution in [0.4, 0.5) is 4.39 Å². The Kier molecular flexibility index (Phi) is 6.08. The largest absolute Gasteiger partial charge is 0.274 e. The van der Waals surface area contributed by atoms with E-state index < -0.39 is 31.4 Å². The molecule has 0 atom stereocenters. The molecule has 3 fully saturated rings. The number of sulfonamides is 1. The lowest BCUT2D eigenvalue weighted by atomic mass is 9.57. The van der Waals surface area contributed by atoms with Crippen molar-refractivity contribution >= 4 is 48.5 Å². The molecule has 3 heterocycles. The van der Waals surface area contributed by atoms with Crippen molar-refractivity contribution in [1.82, 2.24) is 28.3 Å². The molecule has 0 aliphatic heterocycles. The summed E-state index contributed by atoms with van der Waals surface area (Å²) >= 11 is 5.85. The maximum Gasteiger partial charge on any atom is 0.269 e. The number of halogens is 2. The number of hydrogen-bond donors (Lipinski definition) is 1. The molecule has 1 N–H and O–H groups in total. The molecule has 0 radical (unpaired) electrons. The highest BCUT2D eigenvalue weighted by Crippen LogP contribution is 2.53. The molecule has 0 saturated heterocycles. The van der Waals surface area contributed by atoms with E-state index in [1.165, 1.54) is 22.4 Å². The number of aromatic nitrogens is 5. The molecule has 218 valence electrons. The van der Waals surface area contributed by atoms with E-state index in [0.717, 1.165) is 23.5 Å². The fraction of sp³-hybridized carbons (Fsp3) is 0.321. The van der Waals surface area contributed by atoms with Crippen molar-refractivity contribution in [2.75, 3.05) is 0 Å². The molecule has 0 amide bonds. The Labute approximate surface area is 246 Å². The van der Waals surface area contributed by atoms with Crippen molar-refractivity contribution in [2.45, 2.75) is 66.2 Å². The van der Waals surface area contributed by atoms with E-state index in [0.29, 0.717) is 49.7 Å². The van der Waals surface area contributed by atoms with Crippen LogP contribution in [0.1, 0.15) is 49.9 Å². The third kappa shape index (κ3) is 4.16. The minimum Gasteiger partial charge on any atom is -0.274 e. The van der Waals surface area contributed by atoms with Gasteiger partial charge in [-0.25, -0.2) is 34.9 Å². The molecule has 3 aliphatic carbocycles. The predicted octanol–water partition coefficient (Wildman–Crippen LogP) is 4.74. The quantitative estimate of drug-likeness (QED) is 0.288. The Bertz CT molecular complexity index is 2080. The summed E-state index contributed by atoms with van der Waals surface area (Å²) in [5.41, 5.74) is 1.31. The maximum atomic E-state index is 13.6. The van der Waals surface area contributed by atoms with E-state index in [1.54, 1.807) is 30.3 Å². The summed E-state index contributed by atoms with van der Waals surface area (Å²) in [4.78, 5) is 4.53. The maximum absolute atomic E-state index is 13.6. The molecule has 3 aliphatic rings. The van der Waals surface area contributed by atoms with Gasteiger partial charge in [0.15, 0.2) is 11.3 Å². The zero-order chi connectivity index (χ0) is 29.5. The van der Waals surface area contributed by atoms with Crippen LogP contribution in [0.5, 0.6) is 0 Å². The first-order valence-corrected chi connectivity index (χ1v) is 16.8. The predicted molar refractivity (Wildman–Crippen MR) is 154 cm³/mol. The van der Waals surface area contributed by atoms with E-state index >= 15 is 0 Å². The summed E-state index contributed by atoms with van der Waals surface area (Å²) < 4.78 is 73.0. The highest BCUT2D eigenvalue weighted by Gasteiger charge is 2.53. The van der Waals surface area contributed by atoms with Gasteiger partial charge in [0.2, 0.25) is 10.0 Å². The molecule has 3 aromatic heterocycles. The topological polar surface area (TPSA) is 128 Å². The lowest BCUT2D eigenvalue weighted by Crippen LogP contribution is -2.58. The summed E-state index contributed by atoms with van der Waals surface area (Å²) in [5.74, 6) is 0.0405. The molecule has 14 heteroatoms. The van der Waals surface area contributed by atoms with Gasteiger partial charge in [-0.2, -0.15) is 0 Å². The van der Waals surface area contributed by atoms with Gasteiger partial charge in [-0.1, -0.05) is 29.3 Å². The molecule has 10 nitrogen and oxygen atoms in total. The first-order valence-electron chi connectivity index (χ1n) is 13.5. The highest BCUT2D eigenvalue weighted by atomic mass is 35.5. The Morgan fingerprint density at radius 2 is 1.57 bits per heavy atom. The van der Waals surface area contributed by atoms with E-state index in [4.69, 9.17) is 11.6 Å². The monoisotopic (exact) mass is 628 g/mol. The van der Waals surface area contributed by atoms with Gasteiger partial charge in [-0.15, -0.1) is 10.2 Å². The van der Waals surface area contributed by atoms with Crippen LogP contribution >= 0.6 is 11.6 Å². The van der Waals surface area contributed by atoms with Crippen LogP contribution in [0.15, 0.2) is 70.7 Å². The van der Waals surface area contributed by atoms with Gasteiger partial charge in [0.1, 0.15) is 11.6 Å². The summed E-state index contributed by atoms with van der Waals surface area (Å²) in [6, 6.07) is 11.8. The summed E-state index contributed by atoms with van der Waals surface area (Å²) in [6.07, 6.45) is 6.73. The van der Waals surface area contributed by atoms with Crippen molar-refractivity contribution in [3.05, 3.63) is 83.2 Å². The van der Waals surface area contributed by atoms with Gasteiger partial charge in [0.25, 0.3) is 10.0 Å². The second-order valence-electron chi connectivity index (χ2n) is 11.4. The zero-order valence-electron chi connectivity index (χ0n) is 22.5. The Balaban J connectivity index is 1.22. The van der Waals surface area contributed by atoms with Crippen LogP contribution in [0.25, 0.3) is 16.8 Å². The number of nitrogens with one attached hydrogen (secondary N) is 1. The second-order valence-corrected chi connectivity index (χ2v) is 15.3. The third-order valence-electron chi connectivity index (χ3n) is 8.89. The molecular formula is C28H26ClFN6O4S2. The molecule has 8 rings (SSSR count). The van der Waals surface area contributed by atoms with E-state index in [-0.39, 0.29) is 25.9 Å². The van der Waals surface area contributed by atoms with Crippen molar-refractivity contribution < 1.29 is 21.2 Å². The summed E-state index contributed by atoms with van der Waals surface area (Å²) in [7, 11) is -7.81. The van der Waals surface area contributed by atoms with Crippen LogP contribution in [-0.4, -0.2) is 45.9 Å². The Hall–Kier alpha value is -3.39. The average Bonchev–Trinajstić information content (AvgIpc) is 3.60. The second kappa shape index (κ2) is 9.30. The summed E-state index contributed by atoms with van der Waals surface area (Å²) in [5, 5.41) is 8.68. The fourth-order valence-electron chi connectivity index (χ4n) is 6.45. The molecular weight excluding hydrogens is 603 g/mol. The van der Waals surface area contributed by atoms with Gasteiger partial charge in [0.05, 0.1) is 26.5 Å². The number of aryl methyl sites for hydroxylation is 1. The first-order chi connectivity index (χ1) is 19.9. The van der Waals surface area contributed by atoms with Gasteiger partial charge in [-0.05, 0) is 81.8 Å². The first kappa shape index (κ1) is 27.4. The molecule has 42 heavy (non-hydrogen) atoms. The van der Waals surface area contributed by atoms with Crippen molar-refractivity contribution in [1.29, 1.82) is 0 Å². The molecule has 3 saturated carbocycles. The van der Waals surface area contributed by atoms with Crippen molar-refractivity contribution in [3.8, 4) is 0 Å². The smallest absolute Gasteiger partial charge is 0.269 e. The third-order valence-corrected chi connectivity index (χ3v) is 12.4. The zero-order valence-corrected chi connectivity index (χ0v) is 24.8. The van der Waals surface area contributed by atoms with Gasteiger partial charge >= 0.3 is 0 Å². The van der Waals surface area contributed by atoms with Gasteiger partial charge in [0, 0.05) is 17.2 Å². The van der Waals surface area contributed by atoms with Crippen molar-refractivity contribution in [2.24, 2.45) is 0 Å². The van der Waals surface area contributed by atoms with Crippen LogP contribution in [0.2, 0.25) is 5.02 Å². The minimum atomic E-state index is -3.92. The molecule has 0 spiro atoms. The SMILES string of the molecule is Cc1ccc(S(=O)(=O)n2ccc3c2ncc2nnc(C45CCC(NS(=O)(=O)c6ccc(F)c(Cl)c6)(CC4)CC5)n23)cc1.